The summed E-state index contributed by atoms with van der Waals surface area (Å²) in [6.45, 7) is 0. The number of esters is 1. The molecule has 128 valence electrons. The number of carbonyl (C=O) groups is 1. The molecule has 0 radical (unpaired) electrons. The van der Waals surface area contributed by atoms with E-state index in [0.29, 0.717) is 16.5 Å². The average molecular weight is 356 g/mol. The fourth-order valence-electron chi connectivity index (χ4n) is 3.44. The van der Waals surface area contributed by atoms with Crippen molar-refractivity contribution in [2.45, 2.75) is 24.9 Å². The number of methoxy groups -OCH3 is 1. The van der Waals surface area contributed by atoms with E-state index in [1.165, 1.54) is 12.7 Å². The van der Waals surface area contributed by atoms with Crippen molar-refractivity contribution in [3.63, 3.8) is 0 Å². The maximum absolute atomic E-state index is 11.9. The van der Waals surface area contributed by atoms with Crippen molar-refractivity contribution >= 4 is 28.5 Å². The molecule has 0 bridgehead atoms. The molecule has 5 heteroatoms. The van der Waals surface area contributed by atoms with Gasteiger partial charge >= 0.3 is 5.97 Å². The fourth-order valence-corrected chi connectivity index (χ4v) is 3.71. The van der Waals surface area contributed by atoms with Crippen LogP contribution in [0, 0.1) is 0 Å². The molecule has 1 aromatic heterocycles. The number of halogens is 1. The summed E-state index contributed by atoms with van der Waals surface area (Å²) >= 11 is 6.45. The monoisotopic (exact) mass is 355 g/mol. The number of nitrogens with one attached hydrogen (secondary N) is 1. The number of aliphatic hydroxyl groups excluding tert-OH is 1. The van der Waals surface area contributed by atoms with Gasteiger partial charge in [-0.05, 0) is 42.0 Å². The van der Waals surface area contributed by atoms with Gasteiger partial charge in [0.1, 0.15) is 0 Å². The van der Waals surface area contributed by atoms with E-state index in [1.807, 2.05) is 24.3 Å². The van der Waals surface area contributed by atoms with Crippen molar-refractivity contribution in [3.8, 4) is 11.1 Å². The lowest BCUT2D eigenvalue weighted by molar-refractivity contribution is 0.0603. The summed E-state index contributed by atoms with van der Waals surface area (Å²) in [6, 6.07) is 12.0. The van der Waals surface area contributed by atoms with Crippen LogP contribution >= 0.6 is 11.6 Å². The molecule has 25 heavy (non-hydrogen) atoms. The van der Waals surface area contributed by atoms with Gasteiger partial charge < -0.3 is 14.8 Å². The maximum Gasteiger partial charge on any atom is 0.340 e. The van der Waals surface area contributed by atoms with Gasteiger partial charge in [0, 0.05) is 22.7 Å². The number of benzene rings is 2. The van der Waals surface area contributed by atoms with E-state index in [4.69, 9.17) is 16.3 Å². The number of aliphatic hydroxyl groups is 1. The van der Waals surface area contributed by atoms with Crippen molar-refractivity contribution in [1.82, 2.24) is 4.98 Å². The highest BCUT2D eigenvalue weighted by atomic mass is 35.5. The number of ether oxygens (including phenoxy) is 1. The molecule has 1 fully saturated rings. The topological polar surface area (TPSA) is 62.3 Å². The molecule has 0 amide bonds. The zero-order valence-electron chi connectivity index (χ0n) is 13.8. The normalized spacial score (nSPS) is 19.6. The molecule has 2 aromatic carbocycles. The Labute approximate surface area is 150 Å². The Morgan fingerprint density at radius 2 is 1.96 bits per heavy atom. The first kappa shape index (κ1) is 16.2. The fraction of sp³-hybridized carbons (Fsp3) is 0.250. The van der Waals surface area contributed by atoms with Gasteiger partial charge in [-0.3, -0.25) is 0 Å². The van der Waals surface area contributed by atoms with Gasteiger partial charge in [-0.15, -0.1) is 0 Å². The van der Waals surface area contributed by atoms with Gasteiger partial charge in [-0.1, -0.05) is 35.9 Å². The van der Waals surface area contributed by atoms with Crippen molar-refractivity contribution in [3.05, 3.63) is 58.7 Å². The first-order valence-corrected chi connectivity index (χ1v) is 8.62. The van der Waals surface area contributed by atoms with E-state index in [-0.39, 0.29) is 12.1 Å². The van der Waals surface area contributed by atoms with Crippen LogP contribution in [-0.2, 0) is 4.74 Å². The van der Waals surface area contributed by atoms with Crippen LogP contribution in [0.5, 0.6) is 0 Å². The Hall–Kier alpha value is -2.30. The molecule has 4 nitrogen and oxygen atoms in total. The Morgan fingerprint density at radius 3 is 2.60 bits per heavy atom. The lowest BCUT2D eigenvalue weighted by Gasteiger charge is -2.31. The third-order valence-corrected chi connectivity index (χ3v) is 5.29. The number of aromatic amines is 1. The van der Waals surface area contributed by atoms with Crippen LogP contribution in [0.2, 0.25) is 5.02 Å². The van der Waals surface area contributed by atoms with E-state index in [0.717, 1.165) is 34.9 Å². The smallest absolute Gasteiger partial charge is 0.340 e. The largest absolute Gasteiger partial charge is 0.465 e. The molecule has 0 aliphatic heterocycles. The first-order valence-electron chi connectivity index (χ1n) is 8.24. The molecule has 1 saturated carbocycles. The minimum absolute atomic E-state index is 0.160. The van der Waals surface area contributed by atoms with Gasteiger partial charge in [0.15, 0.2) is 0 Å². The maximum atomic E-state index is 11.9. The molecule has 1 aliphatic carbocycles. The number of fused-ring (bicyclic) bond motifs is 1. The van der Waals surface area contributed by atoms with Crippen LogP contribution in [0.3, 0.4) is 0 Å². The summed E-state index contributed by atoms with van der Waals surface area (Å²) in [5.74, 6) is 0.0658. The quantitative estimate of drug-likeness (QED) is 0.679. The number of hydrogen-bond donors (Lipinski definition) is 2. The summed E-state index contributed by atoms with van der Waals surface area (Å²) < 4.78 is 4.84. The number of hydrogen-bond acceptors (Lipinski definition) is 3. The molecule has 1 heterocycles. The lowest BCUT2D eigenvalue weighted by atomic mass is 9.77. The molecule has 0 atom stereocenters. The first-order chi connectivity index (χ1) is 12.1. The van der Waals surface area contributed by atoms with Gasteiger partial charge in [-0.2, -0.15) is 0 Å². The second kappa shape index (κ2) is 6.21. The van der Waals surface area contributed by atoms with Crippen LogP contribution in [0.25, 0.3) is 22.0 Å². The molecule has 0 saturated heterocycles. The van der Waals surface area contributed by atoms with Gasteiger partial charge in [0.2, 0.25) is 0 Å². The van der Waals surface area contributed by atoms with E-state index in [1.54, 1.807) is 6.20 Å². The van der Waals surface area contributed by atoms with Crippen molar-refractivity contribution < 1.29 is 14.6 Å². The van der Waals surface area contributed by atoms with Gasteiger partial charge in [-0.25, -0.2) is 4.79 Å². The second-order valence-corrected chi connectivity index (χ2v) is 6.92. The standard InChI is InChI=1S/C20H18ClNO3/c1-25-20(24)17-10-22-19-9-18(21)15(8-16(17)19)12-4-2-11(3-5-12)13-6-14(23)7-13/h2-5,8-10,13-14,22-23H,6-7H2,1H3. The Morgan fingerprint density at radius 1 is 1.24 bits per heavy atom. The summed E-state index contributed by atoms with van der Waals surface area (Å²) in [5.41, 5.74) is 4.40. The molecule has 4 rings (SSSR count). The summed E-state index contributed by atoms with van der Waals surface area (Å²) in [5, 5.41) is 10.9. The summed E-state index contributed by atoms with van der Waals surface area (Å²) in [7, 11) is 1.37. The molecular formula is C20H18ClNO3. The summed E-state index contributed by atoms with van der Waals surface area (Å²) in [6.07, 6.45) is 3.14. The molecular weight excluding hydrogens is 338 g/mol. The minimum Gasteiger partial charge on any atom is -0.465 e. The van der Waals surface area contributed by atoms with Crippen molar-refractivity contribution in [1.29, 1.82) is 0 Å². The third-order valence-electron chi connectivity index (χ3n) is 4.98. The Kier molecular flexibility index (Phi) is 4.02. The predicted octanol–water partition coefficient (Wildman–Crippen LogP) is 4.51. The highest BCUT2D eigenvalue weighted by Crippen LogP contribution is 2.38. The minimum atomic E-state index is -0.376. The van der Waals surface area contributed by atoms with E-state index in [2.05, 4.69) is 17.1 Å². The van der Waals surface area contributed by atoms with E-state index in [9.17, 15) is 9.90 Å². The number of aromatic nitrogens is 1. The third kappa shape index (κ3) is 2.81. The SMILES string of the molecule is COC(=O)c1c[nH]c2cc(Cl)c(-c3ccc(C4CC(O)C4)cc3)cc12. The Balaban J connectivity index is 1.72. The second-order valence-electron chi connectivity index (χ2n) is 6.52. The molecule has 0 unspecified atom stereocenters. The zero-order valence-corrected chi connectivity index (χ0v) is 14.5. The van der Waals surface area contributed by atoms with Crippen LogP contribution in [0.15, 0.2) is 42.6 Å². The van der Waals surface area contributed by atoms with Crippen LogP contribution < -0.4 is 0 Å². The van der Waals surface area contributed by atoms with Gasteiger partial charge in [0.25, 0.3) is 0 Å². The van der Waals surface area contributed by atoms with Crippen LogP contribution in [0.4, 0.5) is 0 Å². The zero-order chi connectivity index (χ0) is 17.6. The van der Waals surface area contributed by atoms with E-state index < -0.39 is 0 Å². The van der Waals surface area contributed by atoms with Crippen LogP contribution in [-0.4, -0.2) is 29.3 Å². The Bertz CT molecular complexity index is 939. The molecule has 3 aromatic rings. The highest BCUT2D eigenvalue weighted by molar-refractivity contribution is 6.34. The number of carbonyl (C=O) groups excluding carboxylic acids is 1. The number of rotatable bonds is 3. The van der Waals surface area contributed by atoms with E-state index >= 15 is 0 Å². The van der Waals surface area contributed by atoms with Crippen molar-refractivity contribution in [2.24, 2.45) is 0 Å². The predicted molar refractivity (Wildman–Crippen MR) is 98.1 cm³/mol. The summed E-state index contributed by atoms with van der Waals surface area (Å²) in [4.78, 5) is 15.0. The highest BCUT2D eigenvalue weighted by Gasteiger charge is 2.28. The molecule has 0 spiro atoms. The van der Waals surface area contributed by atoms with Crippen molar-refractivity contribution in [2.75, 3.05) is 7.11 Å². The molecule has 2 N–H and O–H groups in total. The molecule has 1 aliphatic rings. The lowest BCUT2D eigenvalue weighted by Crippen LogP contribution is -2.26. The number of H-pyrrole nitrogens is 1. The average Bonchev–Trinajstić information content (AvgIpc) is 3.00. The van der Waals surface area contributed by atoms with Gasteiger partial charge in [0.05, 0.1) is 23.8 Å². The van der Waals surface area contributed by atoms with Crippen LogP contribution in [0.1, 0.15) is 34.7 Å².